The number of fused-ring (bicyclic) bond motifs is 1. The van der Waals surface area contributed by atoms with Gasteiger partial charge in [0.15, 0.2) is 0 Å². The van der Waals surface area contributed by atoms with Gasteiger partial charge in [-0.1, -0.05) is 18.2 Å². The fraction of sp³-hybridized carbons (Fsp3) is 0.500. The molecular weight excluding hydrogens is 352 g/mol. The van der Waals surface area contributed by atoms with Crippen molar-refractivity contribution in [3.63, 3.8) is 0 Å². The van der Waals surface area contributed by atoms with Gasteiger partial charge in [-0.05, 0) is 49.2 Å². The molecule has 0 radical (unpaired) electrons. The Labute approximate surface area is 167 Å². The van der Waals surface area contributed by atoms with E-state index in [1.807, 2.05) is 12.3 Å². The lowest BCUT2D eigenvalue weighted by Crippen LogP contribution is -2.44. The van der Waals surface area contributed by atoms with E-state index < -0.39 is 0 Å². The minimum Gasteiger partial charge on any atom is -0.370 e. The second kappa shape index (κ2) is 8.63. The molecule has 5 heteroatoms. The van der Waals surface area contributed by atoms with Crippen LogP contribution in [0.4, 0.5) is 5.69 Å². The largest absolute Gasteiger partial charge is 0.370 e. The van der Waals surface area contributed by atoms with Gasteiger partial charge < -0.3 is 10.2 Å². The molecule has 0 saturated carbocycles. The van der Waals surface area contributed by atoms with E-state index >= 15 is 0 Å². The summed E-state index contributed by atoms with van der Waals surface area (Å²) < 4.78 is 0. The van der Waals surface area contributed by atoms with E-state index in [9.17, 15) is 0 Å². The number of likely N-dealkylation sites (N-methyl/N-ethyl adjacent to an activating group) is 1. The summed E-state index contributed by atoms with van der Waals surface area (Å²) in [6, 6.07) is 11.5. The third kappa shape index (κ3) is 4.48. The fourth-order valence-electron chi connectivity index (χ4n) is 4.21. The van der Waals surface area contributed by atoms with E-state index in [0.717, 1.165) is 26.1 Å². The number of pyridine rings is 1. The number of aryl methyl sites for hydroxylation is 1. The topological polar surface area (TPSA) is 31.4 Å². The highest BCUT2D eigenvalue weighted by molar-refractivity contribution is 7.99. The summed E-state index contributed by atoms with van der Waals surface area (Å²) in [5, 5.41) is 3.75. The summed E-state index contributed by atoms with van der Waals surface area (Å²) >= 11 is 2.08. The van der Waals surface area contributed by atoms with Gasteiger partial charge in [-0.2, -0.15) is 11.8 Å². The number of hydrogen-bond acceptors (Lipinski definition) is 5. The van der Waals surface area contributed by atoms with Crippen LogP contribution < -0.4 is 10.2 Å². The van der Waals surface area contributed by atoms with Gasteiger partial charge in [0.05, 0.1) is 5.69 Å². The molecule has 4 nitrogen and oxygen atoms in total. The molecule has 2 aromatic rings. The summed E-state index contributed by atoms with van der Waals surface area (Å²) in [5.74, 6) is 2.50. The minimum absolute atomic E-state index is 0.492. The average Bonchev–Trinajstić information content (AvgIpc) is 2.70. The Balaban J connectivity index is 1.44. The van der Waals surface area contributed by atoms with Crippen molar-refractivity contribution in [2.45, 2.75) is 32.5 Å². The first-order valence-electron chi connectivity index (χ1n) is 9.96. The summed E-state index contributed by atoms with van der Waals surface area (Å²) in [6.45, 7) is 7.43. The van der Waals surface area contributed by atoms with Gasteiger partial charge in [-0.25, -0.2) is 0 Å². The molecule has 1 aromatic carbocycles. The van der Waals surface area contributed by atoms with Crippen LogP contribution in [0.3, 0.4) is 0 Å². The number of nitrogens with zero attached hydrogens (tertiary/aromatic N) is 3. The van der Waals surface area contributed by atoms with E-state index in [1.54, 1.807) is 5.56 Å². The molecular formula is C22H30N4S. The third-order valence-electron chi connectivity index (χ3n) is 5.70. The number of nitrogens with one attached hydrogen (secondary N) is 1. The van der Waals surface area contributed by atoms with Crippen LogP contribution in [0.1, 0.15) is 22.4 Å². The Morgan fingerprint density at radius 1 is 1.22 bits per heavy atom. The molecule has 3 heterocycles. The molecule has 144 valence electrons. The van der Waals surface area contributed by atoms with E-state index in [2.05, 4.69) is 70.1 Å². The molecule has 0 amide bonds. The normalized spacial score (nSPS) is 20.0. The quantitative estimate of drug-likeness (QED) is 0.859. The molecule has 1 aromatic heterocycles. The van der Waals surface area contributed by atoms with Gasteiger partial charge in [-0.3, -0.25) is 9.88 Å². The highest BCUT2D eigenvalue weighted by Gasteiger charge is 2.24. The van der Waals surface area contributed by atoms with Crippen LogP contribution in [0.25, 0.3) is 0 Å². The molecule has 0 spiro atoms. The Kier molecular flexibility index (Phi) is 6.01. The second-order valence-corrected chi connectivity index (χ2v) is 8.98. The number of rotatable bonds is 5. The van der Waals surface area contributed by atoms with Crippen molar-refractivity contribution in [3.8, 4) is 0 Å². The van der Waals surface area contributed by atoms with Crippen LogP contribution in [0, 0.1) is 6.92 Å². The van der Waals surface area contributed by atoms with Crippen LogP contribution in [0.15, 0.2) is 36.5 Å². The minimum atomic E-state index is 0.492. The lowest BCUT2D eigenvalue weighted by atomic mass is 9.93. The molecule has 2 aliphatic heterocycles. The Hall–Kier alpha value is -1.56. The predicted octanol–water partition coefficient (Wildman–Crippen LogP) is 3.09. The van der Waals surface area contributed by atoms with Gasteiger partial charge >= 0.3 is 0 Å². The number of hydrogen-bond donors (Lipinski definition) is 1. The van der Waals surface area contributed by atoms with Crippen LogP contribution in [0.5, 0.6) is 0 Å². The number of aromatic nitrogens is 1. The molecule has 27 heavy (non-hydrogen) atoms. The monoisotopic (exact) mass is 382 g/mol. The first-order valence-corrected chi connectivity index (χ1v) is 11.1. The predicted molar refractivity (Wildman–Crippen MR) is 116 cm³/mol. The van der Waals surface area contributed by atoms with Gasteiger partial charge in [0.1, 0.15) is 0 Å². The molecule has 0 aliphatic carbocycles. The number of thioether (sulfide) groups is 1. The maximum atomic E-state index is 4.55. The maximum Gasteiger partial charge on any atom is 0.0572 e. The zero-order chi connectivity index (χ0) is 18.6. The van der Waals surface area contributed by atoms with Gasteiger partial charge in [0.2, 0.25) is 0 Å². The highest BCUT2D eigenvalue weighted by Crippen LogP contribution is 2.30. The first kappa shape index (κ1) is 18.8. The standard InChI is InChI=1S/C22H30N4S/c1-17-5-4-8-23-21(17)16-25(2)15-19-13-20-18(14-24-19)6-3-7-22(20)26-9-11-27-12-10-26/h3-8,19,24H,9-16H2,1-2H3. The molecule has 1 atom stereocenters. The smallest absolute Gasteiger partial charge is 0.0572 e. The molecule has 0 bridgehead atoms. The zero-order valence-electron chi connectivity index (χ0n) is 16.4. The SMILES string of the molecule is Cc1cccnc1CN(C)CC1Cc2c(cccc2N2CCSCC2)CN1. The highest BCUT2D eigenvalue weighted by atomic mass is 32.2. The van der Waals surface area contributed by atoms with Crippen LogP contribution in [-0.2, 0) is 19.5 Å². The number of anilines is 1. The molecule has 1 N–H and O–H groups in total. The van der Waals surface area contributed by atoms with Crippen molar-refractivity contribution in [3.05, 3.63) is 58.9 Å². The van der Waals surface area contributed by atoms with E-state index in [-0.39, 0.29) is 0 Å². The number of benzene rings is 1. The van der Waals surface area contributed by atoms with E-state index in [4.69, 9.17) is 0 Å². The Bertz CT molecular complexity index is 773. The van der Waals surface area contributed by atoms with Gasteiger partial charge in [0, 0.05) is 62.2 Å². The van der Waals surface area contributed by atoms with Crippen molar-refractivity contribution in [1.29, 1.82) is 0 Å². The lowest BCUT2D eigenvalue weighted by Gasteiger charge is -2.35. The van der Waals surface area contributed by atoms with Crippen LogP contribution in [-0.4, -0.2) is 54.1 Å². The summed E-state index contributed by atoms with van der Waals surface area (Å²) in [6.07, 6.45) is 3.01. The molecule has 1 saturated heterocycles. The van der Waals surface area contributed by atoms with E-state index in [0.29, 0.717) is 6.04 Å². The van der Waals surface area contributed by atoms with Crippen LogP contribution >= 0.6 is 11.8 Å². The third-order valence-corrected chi connectivity index (χ3v) is 6.64. The van der Waals surface area contributed by atoms with Crippen LogP contribution in [0.2, 0.25) is 0 Å². The summed E-state index contributed by atoms with van der Waals surface area (Å²) in [5.41, 5.74) is 6.97. The fourth-order valence-corrected chi connectivity index (χ4v) is 5.11. The van der Waals surface area contributed by atoms with Crippen molar-refractivity contribution in [1.82, 2.24) is 15.2 Å². The zero-order valence-corrected chi connectivity index (χ0v) is 17.3. The van der Waals surface area contributed by atoms with Gasteiger partial charge in [-0.15, -0.1) is 0 Å². The molecule has 4 rings (SSSR count). The Morgan fingerprint density at radius 2 is 2.07 bits per heavy atom. The van der Waals surface area contributed by atoms with E-state index in [1.165, 1.54) is 47.1 Å². The van der Waals surface area contributed by atoms with Crippen molar-refractivity contribution in [2.24, 2.45) is 0 Å². The first-order chi connectivity index (χ1) is 13.2. The average molecular weight is 383 g/mol. The van der Waals surface area contributed by atoms with Crippen molar-refractivity contribution < 1.29 is 0 Å². The van der Waals surface area contributed by atoms with Crippen molar-refractivity contribution >= 4 is 17.4 Å². The Morgan fingerprint density at radius 3 is 2.89 bits per heavy atom. The second-order valence-electron chi connectivity index (χ2n) is 7.76. The molecule has 2 aliphatic rings. The van der Waals surface area contributed by atoms with Crippen molar-refractivity contribution in [2.75, 3.05) is 43.1 Å². The lowest BCUT2D eigenvalue weighted by molar-refractivity contribution is 0.271. The van der Waals surface area contributed by atoms with Gasteiger partial charge in [0.25, 0.3) is 0 Å². The molecule has 1 unspecified atom stereocenters. The maximum absolute atomic E-state index is 4.55. The summed E-state index contributed by atoms with van der Waals surface area (Å²) in [7, 11) is 2.21. The molecule has 1 fully saturated rings. The summed E-state index contributed by atoms with van der Waals surface area (Å²) in [4.78, 5) is 9.55.